The molecule has 0 atom stereocenters. The van der Waals surface area contributed by atoms with Gasteiger partial charge in [0.25, 0.3) is 17.7 Å². The molecule has 3 amide bonds. The summed E-state index contributed by atoms with van der Waals surface area (Å²) in [6.07, 6.45) is 0. The summed E-state index contributed by atoms with van der Waals surface area (Å²) in [5.41, 5.74) is 1.40. The van der Waals surface area contributed by atoms with E-state index in [1.807, 2.05) is 6.92 Å². The normalized spacial score (nSPS) is 12.7. The van der Waals surface area contributed by atoms with Crippen molar-refractivity contribution in [2.75, 3.05) is 16.8 Å². The molecule has 0 saturated heterocycles. The average Bonchev–Trinajstić information content (AvgIpc) is 3.01. The molecule has 0 unspecified atom stereocenters. The van der Waals surface area contributed by atoms with Gasteiger partial charge in [0.15, 0.2) is 0 Å². The number of para-hydroxylation sites is 2. The van der Waals surface area contributed by atoms with E-state index in [0.717, 1.165) is 4.90 Å². The van der Waals surface area contributed by atoms with Gasteiger partial charge < -0.3 is 10.1 Å². The van der Waals surface area contributed by atoms with E-state index in [9.17, 15) is 14.4 Å². The first-order valence-electron chi connectivity index (χ1n) is 9.41. The van der Waals surface area contributed by atoms with Gasteiger partial charge in [0.2, 0.25) is 0 Å². The molecular formula is C23H16Cl2N2O4. The Bertz CT molecular complexity index is 1230. The van der Waals surface area contributed by atoms with Gasteiger partial charge in [-0.3, -0.25) is 14.4 Å². The molecule has 1 aliphatic heterocycles. The van der Waals surface area contributed by atoms with Crippen LogP contribution in [0, 0.1) is 0 Å². The highest BCUT2D eigenvalue weighted by Gasteiger charge is 2.37. The molecule has 4 rings (SSSR count). The second-order valence-corrected chi connectivity index (χ2v) is 7.50. The summed E-state index contributed by atoms with van der Waals surface area (Å²) in [5.74, 6) is -0.922. The Labute approximate surface area is 188 Å². The van der Waals surface area contributed by atoms with Gasteiger partial charge in [0, 0.05) is 5.56 Å². The highest BCUT2D eigenvalue weighted by atomic mass is 35.5. The van der Waals surface area contributed by atoms with Crippen LogP contribution < -0.4 is 15.0 Å². The number of fused-ring (bicyclic) bond motifs is 1. The van der Waals surface area contributed by atoms with Crippen molar-refractivity contribution in [3.63, 3.8) is 0 Å². The van der Waals surface area contributed by atoms with Crippen molar-refractivity contribution >= 4 is 52.3 Å². The lowest BCUT2D eigenvalue weighted by molar-refractivity contribution is 0.0925. The average molecular weight is 455 g/mol. The number of halogens is 2. The Balaban J connectivity index is 1.63. The lowest BCUT2D eigenvalue weighted by atomic mass is 10.1. The first-order chi connectivity index (χ1) is 14.9. The highest BCUT2D eigenvalue weighted by molar-refractivity contribution is 6.42. The van der Waals surface area contributed by atoms with Gasteiger partial charge in [0.1, 0.15) is 5.75 Å². The fourth-order valence-electron chi connectivity index (χ4n) is 3.29. The van der Waals surface area contributed by atoms with Gasteiger partial charge in [0.05, 0.1) is 39.2 Å². The van der Waals surface area contributed by atoms with Crippen LogP contribution in [0.25, 0.3) is 0 Å². The quantitative estimate of drug-likeness (QED) is 0.520. The lowest BCUT2D eigenvalue weighted by Gasteiger charge is -2.14. The van der Waals surface area contributed by atoms with Crippen molar-refractivity contribution < 1.29 is 19.1 Å². The number of carbonyl (C=O) groups excluding carboxylic acids is 3. The minimum absolute atomic E-state index is 0.141. The number of imide groups is 1. The zero-order chi connectivity index (χ0) is 22.1. The van der Waals surface area contributed by atoms with E-state index in [4.69, 9.17) is 27.9 Å². The number of anilines is 2. The molecule has 1 heterocycles. The van der Waals surface area contributed by atoms with Crippen LogP contribution in [0.5, 0.6) is 5.75 Å². The molecule has 3 aromatic rings. The lowest BCUT2D eigenvalue weighted by Crippen LogP contribution is -2.29. The van der Waals surface area contributed by atoms with E-state index in [1.54, 1.807) is 24.3 Å². The third-order valence-electron chi connectivity index (χ3n) is 4.75. The van der Waals surface area contributed by atoms with Gasteiger partial charge in [-0.1, -0.05) is 35.3 Å². The van der Waals surface area contributed by atoms with E-state index in [0.29, 0.717) is 28.8 Å². The molecule has 0 spiro atoms. The van der Waals surface area contributed by atoms with Gasteiger partial charge in [-0.2, -0.15) is 0 Å². The Morgan fingerprint density at radius 2 is 1.68 bits per heavy atom. The maximum absolute atomic E-state index is 13.0. The van der Waals surface area contributed by atoms with Gasteiger partial charge in [-0.05, 0) is 55.5 Å². The van der Waals surface area contributed by atoms with Crippen molar-refractivity contribution in [1.29, 1.82) is 0 Å². The van der Waals surface area contributed by atoms with E-state index >= 15 is 0 Å². The summed E-state index contributed by atoms with van der Waals surface area (Å²) in [5, 5.41) is 3.32. The first-order valence-corrected chi connectivity index (χ1v) is 10.2. The Kier molecular flexibility index (Phi) is 5.67. The molecule has 1 N–H and O–H groups in total. The maximum Gasteiger partial charge on any atom is 0.266 e. The zero-order valence-electron chi connectivity index (χ0n) is 16.3. The van der Waals surface area contributed by atoms with Crippen LogP contribution in [0.1, 0.15) is 38.0 Å². The molecule has 0 fully saturated rings. The van der Waals surface area contributed by atoms with E-state index in [-0.39, 0.29) is 21.7 Å². The molecule has 31 heavy (non-hydrogen) atoms. The SMILES string of the molecule is CCOc1ccccc1NC(=O)c1ccc2c(c1)C(=O)N(c1ccc(Cl)c(Cl)c1)C2=O. The van der Waals surface area contributed by atoms with Crippen LogP contribution >= 0.6 is 23.2 Å². The number of amides is 3. The second-order valence-electron chi connectivity index (χ2n) is 6.69. The number of hydrogen-bond donors (Lipinski definition) is 1. The largest absolute Gasteiger partial charge is 0.492 e. The van der Waals surface area contributed by atoms with Crippen LogP contribution in [0.3, 0.4) is 0 Å². The predicted octanol–water partition coefficient (Wildman–Crippen LogP) is 5.45. The summed E-state index contributed by atoms with van der Waals surface area (Å²) < 4.78 is 5.52. The van der Waals surface area contributed by atoms with Crippen LogP contribution in [0.4, 0.5) is 11.4 Å². The standard InChI is InChI=1S/C23H16Cl2N2O4/c1-2-31-20-6-4-3-5-19(20)26-21(28)13-7-9-15-16(11-13)23(30)27(22(15)29)14-8-10-17(24)18(25)12-14/h3-12H,2H2,1H3,(H,26,28). The fraction of sp³-hybridized carbons (Fsp3) is 0.0870. The molecule has 0 bridgehead atoms. The molecule has 3 aromatic carbocycles. The predicted molar refractivity (Wildman–Crippen MR) is 120 cm³/mol. The summed E-state index contributed by atoms with van der Waals surface area (Å²) in [7, 11) is 0. The van der Waals surface area contributed by atoms with E-state index < -0.39 is 17.7 Å². The molecule has 8 heteroatoms. The Morgan fingerprint density at radius 1 is 0.935 bits per heavy atom. The monoisotopic (exact) mass is 454 g/mol. The van der Waals surface area contributed by atoms with E-state index in [1.165, 1.54) is 36.4 Å². The highest BCUT2D eigenvalue weighted by Crippen LogP contribution is 2.33. The Morgan fingerprint density at radius 3 is 2.42 bits per heavy atom. The van der Waals surface area contributed by atoms with Crippen molar-refractivity contribution in [1.82, 2.24) is 0 Å². The van der Waals surface area contributed by atoms with Gasteiger partial charge in [-0.15, -0.1) is 0 Å². The molecule has 6 nitrogen and oxygen atoms in total. The topological polar surface area (TPSA) is 75.7 Å². The van der Waals surface area contributed by atoms with Crippen molar-refractivity contribution in [2.24, 2.45) is 0 Å². The molecule has 0 aromatic heterocycles. The number of ether oxygens (including phenoxy) is 1. The minimum Gasteiger partial charge on any atom is -0.492 e. The first kappa shape index (κ1) is 20.9. The number of nitrogens with zero attached hydrogens (tertiary/aromatic N) is 1. The molecular weight excluding hydrogens is 439 g/mol. The summed E-state index contributed by atoms with van der Waals surface area (Å²) >= 11 is 12.0. The van der Waals surface area contributed by atoms with Crippen molar-refractivity contribution in [3.05, 3.63) is 87.4 Å². The number of carbonyl (C=O) groups is 3. The Hall–Kier alpha value is -3.35. The number of benzene rings is 3. The van der Waals surface area contributed by atoms with Crippen molar-refractivity contribution in [2.45, 2.75) is 6.92 Å². The van der Waals surface area contributed by atoms with E-state index in [2.05, 4.69) is 5.32 Å². The second kappa shape index (κ2) is 8.41. The summed E-state index contributed by atoms with van der Waals surface area (Å²) in [6, 6.07) is 15.9. The molecule has 156 valence electrons. The number of nitrogens with one attached hydrogen (secondary N) is 1. The molecule has 1 aliphatic rings. The fourth-order valence-corrected chi connectivity index (χ4v) is 3.58. The van der Waals surface area contributed by atoms with Gasteiger partial charge >= 0.3 is 0 Å². The van der Waals surface area contributed by atoms with Crippen LogP contribution in [0.15, 0.2) is 60.7 Å². The third-order valence-corrected chi connectivity index (χ3v) is 5.48. The van der Waals surface area contributed by atoms with Crippen molar-refractivity contribution in [3.8, 4) is 5.75 Å². The third kappa shape index (κ3) is 3.87. The summed E-state index contributed by atoms with van der Waals surface area (Å²) in [6.45, 7) is 2.30. The molecule has 0 aliphatic carbocycles. The smallest absolute Gasteiger partial charge is 0.266 e. The maximum atomic E-state index is 13.0. The molecule has 0 saturated carbocycles. The number of rotatable bonds is 5. The van der Waals surface area contributed by atoms with Crippen LogP contribution in [-0.2, 0) is 0 Å². The zero-order valence-corrected chi connectivity index (χ0v) is 17.8. The number of hydrogen-bond acceptors (Lipinski definition) is 4. The molecule has 0 radical (unpaired) electrons. The van der Waals surface area contributed by atoms with Gasteiger partial charge in [-0.25, -0.2) is 4.90 Å². The van der Waals surface area contributed by atoms with Crippen LogP contribution in [-0.4, -0.2) is 24.3 Å². The van der Waals surface area contributed by atoms with Crippen LogP contribution in [0.2, 0.25) is 10.0 Å². The summed E-state index contributed by atoms with van der Waals surface area (Å²) in [4.78, 5) is 39.6. The minimum atomic E-state index is -0.539.